The highest BCUT2D eigenvalue weighted by atomic mass is 16.5. The van der Waals surface area contributed by atoms with Crippen molar-refractivity contribution >= 4 is 11.8 Å². The number of aliphatic hydroxyl groups excluding tert-OH is 1. The second-order valence-corrected chi connectivity index (χ2v) is 5.36. The number of aliphatic hydroxyl groups is 1. The maximum Gasteiger partial charge on any atom is 0.268 e. The van der Waals surface area contributed by atoms with E-state index in [0.29, 0.717) is 5.56 Å². The van der Waals surface area contributed by atoms with Crippen molar-refractivity contribution in [2.75, 3.05) is 0 Å². The molecule has 0 saturated carbocycles. The molecular weight excluding hydrogens is 320 g/mol. The molecule has 2 atom stereocenters. The SMILES string of the molecule is C[C@@H](O)C(NC(=O)c1ccc(C#Cc2ccccc2)cc1)C(=O)NO. The van der Waals surface area contributed by atoms with Crippen LogP contribution in [0.15, 0.2) is 54.6 Å². The monoisotopic (exact) mass is 338 g/mol. The lowest BCUT2D eigenvalue weighted by Gasteiger charge is -2.19. The van der Waals surface area contributed by atoms with Gasteiger partial charge in [0.15, 0.2) is 0 Å². The number of carbonyl (C=O) groups excluding carboxylic acids is 2. The van der Waals surface area contributed by atoms with E-state index >= 15 is 0 Å². The number of amides is 2. The van der Waals surface area contributed by atoms with Crippen molar-refractivity contribution in [3.05, 3.63) is 71.3 Å². The van der Waals surface area contributed by atoms with Crippen LogP contribution in [-0.2, 0) is 4.79 Å². The van der Waals surface area contributed by atoms with Gasteiger partial charge in [0.05, 0.1) is 6.10 Å². The molecule has 0 aliphatic carbocycles. The minimum absolute atomic E-state index is 0.307. The Hall–Kier alpha value is -3.14. The number of hydroxylamine groups is 1. The van der Waals surface area contributed by atoms with E-state index in [0.717, 1.165) is 11.1 Å². The second kappa shape index (κ2) is 8.64. The van der Waals surface area contributed by atoms with E-state index in [1.165, 1.54) is 12.4 Å². The van der Waals surface area contributed by atoms with Crippen LogP contribution in [-0.4, -0.2) is 34.3 Å². The quantitative estimate of drug-likeness (QED) is 0.381. The van der Waals surface area contributed by atoms with Crippen molar-refractivity contribution < 1.29 is 19.9 Å². The van der Waals surface area contributed by atoms with Gasteiger partial charge in [-0.1, -0.05) is 30.0 Å². The van der Waals surface area contributed by atoms with Crippen LogP contribution in [0.3, 0.4) is 0 Å². The summed E-state index contributed by atoms with van der Waals surface area (Å²) in [7, 11) is 0. The van der Waals surface area contributed by atoms with E-state index in [4.69, 9.17) is 5.21 Å². The van der Waals surface area contributed by atoms with Gasteiger partial charge >= 0.3 is 0 Å². The molecule has 6 heteroatoms. The highest BCUT2D eigenvalue weighted by molar-refractivity contribution is 5.97. The molecule has 0 fully saturated rings. The highest BCUT2D eigenvalue weighted by Gasteiger charge is 2.25. The highest BCUT2D eigenvalue weighted by Crippen LogP contribution is 2.05. The molecule has 128 valence electrons. The first kappa shape index (κ1) is 18.2. The molecule has 0 heterocycles. The van der Waals surface area contributed by atoms with Gasteiger partial charge in [0.2, 0.25) is 0 Å². The van der Waals surface area contributed by atoms with Crippen molar-refractivity contribution in [1.82, 2.24) is 10.8 Å². The van der Waals surface area contributed by atoms with E-state index in [1.807, 2.05) is 30.3 Å². The Morgan fingerprint density at radius 2 is 1.52 bits per heavy atom. The molecule has 0 radical (unpaired) electrons. The molecule has 2 aromatic rings. The van der Waals surface area contributed by atoms with Crippen LogP contribution in [0.25, 0.3) is 0 Å². The predicted molar refractivity (Wildman–Crippen MR) is 91.7 cm³/mol. The maximum absolute atomic E-state index is 12.2. The zero-order chi connectivity index (χ0) is 18.2. The predicted octanol–water partition coefficient (Wildman–Crippen LogP) is 1.07. The topological polar surface area (TPSA) is 98.7 Å². The summed E-state index contributed by atoms with van der Waals surface area (Å²) in [4.78, 5) is 23.6. The van der Waals surface area contributed by atoms with Gasteiger partial charge in [-0.3, -0.25) is 14.8 Å². The van der Waals surface area contributed by atoms with Gasteiger partial charge in [-0.25, -0.2) is 5.48 Å². The Morgan fingerprint density at radius 1 is 0.960 bits per heavy atom. The summed E-state index contributed by atoms with van der Waals surface area (Å²) in [5, 5.41) is 20.5. The summed E-state index contributed by atoms with van der Waals surface area (Å²) in [5.41, 5.74) is 3.34. The van der Waals surface area contributed by atoms with Crippen molar-refractivity contribution in [2.45, 2.75) is 19.1 Å². The Morgan fingerprint density at radius 3 is 2.04 bits per heavy atom. The number of hydrogen-bond donors (Lipinski definition) is 4. The lowest BCUT2D eigenvalue weighted by atomic mass is 10.1. The third-order valence-corrected chi connectivity index (χ3v) is 3.43. The van der Waals surface area contributed by atoms with Crippen molar-refractivity contribution in [3.8, 4) is 11.8 Å². The molecule has 2 amide bonds. The molecule has 0 aromatic heterocycles. The molecule has 6 nitrogen and oxygen atoms in total. The van der Waals surface area contributed by atoms with E-state index in [2.05, 4.69) is 17.2 Å². The minimum atomic E-state index is -1.25. The summed E-state index contributed by atoms with van der Waals surface area (Å²) < 4.78 is 0. The Kier molecular flexibility index (Phi) is 6.29. The number of benzene rings is 2. The lowest BCUT2D eigenvalue weighted by Crippen LogP contribution is -2.51. The number of rotatable bonds is 4. The Bertz CT molecular complexity index is 790. The first-order chi connectivity index (χ1) is 12.0. The molecule has 2 aromatic carbocycles. The van der Waals surface area contributed by atoms with Crippen LogP contribution >= 0.6 is 0 Å². The van der Waals surface area contributed by atoms with E-state index < -0.39 is 24.0 Å². The average Bonchev–Trinajstić information content (AvgIpc) is 2.64. The van der Waals surface area contributed by atoms with Crippen LogP contribution in [0.2, 0.25) is 0 Å². The average molecular weight is 338 g/mol. The zero-order valence-electron chi connectivity index (χ0n) is 13.6. The molecule has 4 N–H and O–H groups in total. The van der Waals surface area contributed by atoms with Crippen molar-refractivity contribution in [1.29, 1.82) is 0 Å². The standard InChI is InChI=1S/C19H18N2O4/c1-13(22)17(19(24)21-25)20-18(23)16-11-9-15(10-12-16)8-7-14-5-3-2-4-6-14/h2-6,9-13,17,22,25H,1H3,(H,20,23)(H,21,24)/t13-,17?/m1/s1. The Balaban J connectivity index is 2.07. The van der Waals surface area contributed by atoms with E-state index in [-0.39, 0.29) is 0 Å². The summed E-state index contributed by atoms with van der Waals surface area (Å²) in [6.45, 7) is 1.34. The zero-order valence-corrected chi connectivity index (χ0v) is 13.6. The van der Waals surface area contributed by atoms with Gasteiger partial charge in [-0.2, -0.15) is 0 Å². The first-order valence-electron chi connectivity index (χ1n) is 7.61. The smallest absolute Gasteiger partial charge is 0.268 e. The fraction of sp³-hybridized carbons (Fsp3) is 0.158. The van der Waals surface area contributed by atoms with Crippen LogP contribution in [0.4, 0.5) is 0 Å². The first-order valence-corrected chi connectivity index (χ1v) is 7.61. The van der Waals surface area contributed by atoms with Gasteiger partial charge < -0.3 is 10.4 Å². The fourth-order valence-corrected chi connectivity index (χ4v) is 2.07. The van der Waals surface area contributed by atoms with Gasteiger partial charge in [0.25, 0.3) is 11.8 Å². The van der Waals surface area contributed by atoms with Crippen LogP contribution in [0.5, 0.6) is 0 Å². The number of carbonyl (C=O) groups is 2. The fourth-order valence-electron chi connectivity index (χ4n) is 2.07. The van der Waals surface area contributed by atoms with E-state index in [1.54, 1.807) is 24.3 Å². The molecule has 0 aliphatic rings. The maximum atomic E-state index is 12.2. The normalized spacial score (nSPS) is 12.3. The van der Waals surface area contributed by atoms with Gasteiger partial charge in [0.1, 0.15) is 6.04 Å². The second-order valence-electron chi connectivity index (χ2n) is 5.36. The molecule has 1 unspecified atom stereocenters. The third-order valence-electron chi connectivity index (χ3n) is 3.43. The molecule has 0 saturated heterocycles. The molecule has 25 heavy (non-hydrogen) atoms. The van der Waals surface area contributed by atoms with Crippen LogP contribution < -0.4 is 10.8 Å². The molecular formula is C19H18N2O4. The minimum Gasteiger partial charge on any atom is -0.391 e. The van der Waals surface area contributed by atoms with Crippen molar-refractivity contribution in [3.63, 3.8) is 0 Å². The molecule has 0 bridgehead atoms. The van der Waals surface area contributed by atoms with Gasteiger partial charge in [0, 0.05) is 16.7 Å². The largest absolute Gasteiger partial charge is 0.391 e. The molecule has 0 aliphatic heterocycles. The third kappa shape index (κ3) is 5.18. The lowest BCUT2D eigenvalue weighted by molar-refractivity contribution is -0.133. The molecule has 0 spiro atoms. The number of hydrogen-bond acceptors (Lipinski definition) is 4. The van der Waals surface area contributed by atoms with Crippen LogP contribution in [0, 0.1) is 11.8 Å². The van der Waals surface area contributed by atoms with Gasteiger partial charge in [-0.15, -0.1) is 0 Å². The summed E-state index contributed by atoms with van der Waals surface area (Å²) >= 11 is 0. The van der Waals surface area contributed by atoms with Gasteiger partial charge in [-0.05, 0) is 43.3 Å². The summed E-state index contributed by atoms with van der Waals surface area (Å²) in [6.07, 6.45) is -1.16. The van der Waals surface area contributed by atoms with E-state index in [9.17, 15) is 14.7 Å². The van der Waals surface area contributed by atoms with Crippen molar-refractivity contribution in [2.24, 2.45) is 0 Å². The summed E-state index contributed by atoms with van der Waals surface area (Å²) in [5.74, 6) is 4.57. The molecule has 2 rings (SSSR count). The summed E-state index contributed by atoms with van der Waals surface area (Å²) in [6, 6.07) is 14.8. The van der Waals surface area contributed by atoms with Crippen LogP contribution in [0.1, 0.15) is 28.4 Å². The Labute approximate surface area is 145 Å². The number of nitrogens with one attached hydrogen (secondary N) is 2.